The topological polar surface area (TPSA) is 88.1 Å². The van der Waals surface area contributed by atoms with E-state index in [1.165, 1.54) is 12.1 Å². The average Bonchev–Trinajstić information content (AvgIpc) is 3.44. The van der Waals surface area contributed by atoms with Crippen LogP contribution in [0.4, 0.5) is 14.7 Å². The Hall–Kier alpha value is -3.22. The highest BCUT2D eigenvalue weighted by atomic mass is 32.2. The highest BCUT2D eigenvalue weighted by Crippen LogP contribution is 2.43. The summed E-state index contributed by atoms with van der Waals surface area (Å²) in [4.78, 5) is 11.5. The fourth-order valence-corrected chi connectivity index (χ4v) is 5.24. The third kappa shape index (κ3) is 3.59. The summed E-state index contributed by atoms with van der Waals surface area (Å²) in [7, 11) is 0. The van der Waals surface area contributed by atoms with Crippen molar-refractivity contribution in [1.82, 2.24) is 9.97 Å². The fourth-order valence-electron chi connectivity index (χ4n) is 4.57. The maximum atomic E-state index is 16.2. The summed E-state index contributed by atoms with van der Waals surface area (Å²) in [6, 6.07) is 4.69. The van der Waals surface area contributed by atoms with Gasteiger partial charge >= 0.3 is 0 Å². The number of hydrogen-bond donors (Lipinski definition) is 1. The van der Waals surface area contributed by atoms with Crippen molar-refractivity contribution in [2.45, 2.75) is 31.5 Å². The van der Waals surface area contributed by atoms with E-state index in [9.17, 15) is 5.26 Å². The van der Waals surface area contributed by atoms with Gasteiger partial charge in [-0.05, 0) is 35.6 Å². The molecule has 5 rings (SSSR count). The van der Waals surface area contributed by atoms with Gasteiger partial charge in [0.1, 0.15) is 17.4 Å². The molecule has 0 spiro atoms. The summed E-state index contributed by atoms with van der Waals surface area (Å²) in [6.45, 7) is 7.72. The molecule has 2 aromatic carbocycles. The molecule has 0 radical (unpaired) electrons. The van der Waals surface area contributed by atoms with Gasteiger partial charge in [0.15, 0.2) is 5.82 Å². The van der Waals surface area contributed by atoms with E-state index in [1.54, 1.807) is 6.20 Å². The number of aromatic nitrogens is 2. The summed E-state index contributed by atoms with van der Waals surface area (Å²) >= 11 is 1.04. The molecule has 2 N–H and O–H groups in total. The van der Waals surface area contributed by atoms with Crippen LogP contribution >= 0.6 is 11.8 Å². The van der Waals surface area contributed by atoms with Gasteiger partial charge in [-0.15, -0.1) is 0 Å². The molecule has 168 valence electrons. The van der Waals surface area contributed by atoms with Gasteiger partial charge in [-0.1, -0.05) is 25.3 Å². The maximum absolute atomic E-state index is 16.2. The first-order valence-corrected chi connectivity index (χ1v) is 11.4. The Labute approximate surface area is 194 Å². The molecule has 33 heavy (non-hydrogen) atoms. The molecule has 2 aliphatic heterocycles. The zero-order chi connectivity index (χ0) is 23.3. The summed E-state index contributed by atoms with van der Waals surface area (Å²) < 4.78 is 37.0. The zero-order valence-electron chi connectivity index (χ0n) is 18.0. The number of ether oxygens (including phenoxy) is 1. The highest BCUT2D eigenvalue weighted by Gasteiger charge is 2.30. The SMILES string of the molecule is C=C(N)Sc1ccc(F)c(-c2c3c(c4cnc(N5CCC(C)C5)nc4c2F)COC3)c1C#N. The van der Waals surface area contributed by atoms with E-state index >= 15 is 8.78 Å². The number of hydrogen-bond acceptors (Lipinski definition) is 7. The first kappa shape index (κ1) is 21.6. The molecule has 0 bridgehead atoms. The Morgan fingerprint density at radius 1 is 1.30 bits per heavy atom. The van der Waals surface area contributed by atoms with Crippen LogP contribution in [0.2, 0.25) is 0 Å². The van der Waals surface area contributed by atoms with Crippen molar-refractivity contribution in [2.75, 3.05) is 18.0 Å². The molecular weight excluding hydrogens is 444 g/mol. The van der Waals surface area contributed by atoms with Crippen molar-refractivity contribution in [3.05, 3.63) is 58.3 Å². The normalized spacial score (nSPS) is 17.4. The number of fused-ring (bicyclic) bond motifs is 3. The summed E-state index contributed by atoms with van der Waals surface area (Å²) in [5.74, 6) is -0.439. The van der Waals surface area contributed by atoms with Gasteiger partial charge in [-0.2, -0.15) is 5.26 Å². The van der Waals surface area contributed by atoms with Gasteiger partial charge in [0.25, 0.3) is 0 Å². The van der Waals surface area contributed by atoms with Crippen molar-refractivity contribution in [1.29, 1.82) is 5.26 Å². The number of anilines is 1. The van der Waals surface area contributed by atoms with E-state index in [4.69, 9.17) is 10.5 Å². The van der Waals surface area contributed by atoms with E-state index in [1.807, 2.05) is 11.0 Å². The molecule has 3 heterocycles. The third-order valence-electron chi connectivity index (χ3n) is 6.11. The van der Waals surface area contributed by atoms with Gasteiger partial charge in [-0.3, -0.25) is 0 Å². The summed E-state index contributed by atoms with van der Waals surface area (Å²) in [5, 5.41) is 10.7. The highest BCUT2D eigenvalue weighted by molar-refractivity contribution is 8.03. The van der Waals surface area contributed by atoms with Crippen molar-refractivity contribution in [3.8, 4) is 17.2 Å². The quantitative estimate of drug-likeness (QED) is 0.551. The van der Waals surface area contributed by atoms with Crippen molar-refractivity contribution < 1.29 is 13.5 Å². The number of nitriles is 1. The maximum Gasteiger partial charge on any atom is 0.225 e. The Balaban J connectivity index is 1.78. The van der Waals surface area contributed by atoms with Crippen LogP contribution in [-0.2, 0) is 18.0 Å². The van der Waals surface area contributed by atoms with Crippen LogP contribution in [0.3, 0.4) is 0 Å². The Bertz CT molecular complexity index is 1350. The minimum absolute atomic E-state index is 0.00148. The van der Waals surface area contributed by atoms with E-state index in [2.05, 4.69) is 23.5 Å². The molecule has 1 unspecified atom stereocenters. The zero-order valence-corrected chi connectivity index (χ0v) is 18.8. The van der Waals surface area contributed by atoms with Crippen LogP contribution in [0.5, 0.6) is 0 Å². The molecule has 2 aliphatic rings. The average molecular weight is 466 g/mol. The Kier molecular flexibility index (Phi) is 5.43. The molecule has 9 heteroatoms. The van der Waals surface area contributed by atoms with Crippen molar-refractivity contribution >= 4 is 28.6 Å². The monoisotopic (exact) mass is 465 g/mol. The van der Waals surface area contributed by atoms with E-state index in [-0.39, 0.29) is 40.4 Å². The van der Waals surface area contributed by atoms with Crippen LogP contribution in [0.25, 0.3) is 22.0 Å². The first-order valence-electron chi connectivity index (χ1n) is 10.6. The molecule has 0 saturated carbocycles. The minimum atomic E-state index is -0.700. The molecule has 3 aromatic rings. The second-order valence-electron chi connectivity index (χ2n) is 8.39. The van der Waals surface area contributed by atoms with Crippen LogP contribution in [0.15, 0.2) is 34.8 Å². The number of nitrogens with two attached hydrogens (primary N) is 1. The summed E-state index contributed by atoms with van der Waals surface area (Å²) in [5.41, 5.74) is 6.93. The molecule has 1 fully saturated rings. The van der Waals surface area contributed by atoms with E-state index < -0.39 is 11.6 Å². The van der Waals surface area contributed by atoms with Crippen molar-refractivity contribution in [3.63, 3.8) is 0 Å². The lowest BCUT2D eigenvalue weighted by Crippen LogP contribution is -2.21. The molecule has 0 amide bonds. The van der Waals surface area contributed by atoms with Gasteiger partial charge < -0.3 is 15.4 Å². The number of thioether (sulfide) groups is 1. The number of rotatable bonds is 4. The first-order chi connectivity index (χ1) is 15.9. The van der Waals surface area contributed by atoms with Gasteiger partial charge in [0, 0.05) is 40.7 Å². The minimum Gasteiger partial charge on any atom is -0.394 e. The van der Waals surface area contributed by atoms with Crippen LogP contribution in [0, 0.1) is 28.9 Å². The predicted molar refractivity (Wildman–Crippen MR) is 123 cm³/mol. The fraction of sp³-hybridized carbons (Fsp3) is 0.292. The van der Waals surface area contributed by atoms with Gasteiger partial charge in [-0.25, -0.2) is 18.7 Å². The van der Waals surface area contributed by atoms with Crippen LogP contribution < -0.4 is 10.6 Å². The van der Waals surface area contributed by atoms with E-state index in [0.717, 1.165) is 31.3 Å². The summed E-state index contributed by atoms with van der Waals surface area (Å²) in [6.07, 6.45) is 2.63. The smallest absolute Gasteiger partial charge is 0.225 e. The molecule has 0 aliphatic carbocycles. The number of halogens is 2. The van der Waals surface area contributed by atoms with Gasteiger partial charge in [0.2, 0.25) is 5.95 Å². The number of nitrogens with zero attached hydrogens (tertiary/aromatic N) is 4. The molecule has 1 saturated heterocycles. The number of benzene rings is 2. The van der Waals surface area contributed by atoms with Crippen LogP contribution in [0.1, 0.15) is 30.0 Å². The lowest BCUT2D eigenvalue weighted by Gasteiger charge is -2.19. The second kappa shape index (κ2) is 8.28. The van der Waals surface area contributed by atoms with Gasteiger partial charge in [0.05, 0.1) is 23.8 Å². The molecule has 6 nitrogen and oxygen atoms in total. The lowest BCUT2D eigenvalue weighted by atomic mass is 9.90. The standard InChI is InChI=1S/C24H21F2N5OS/c1-12-5-6-31(9-12)24-29-8-15-16-10-32-11-17(16)21(22(26)23(15)30-24)20-14(7-27)19(33-13(2)28)4-3-18(20)25/h3-4,8,12H,2,5-6,9-11,28H2,1H3. The second-order valence-corrected chi connectivity index (χ2v) is 9.56. The predicted octanol–water partition coefficient (Wildman–Crippen LogP) is 4.85. The van der Waals surface area contributed by atoms with Crippen LogP contribution in [-0.4, -0.2) is 23.1 Å². The Morgan fingerprint density at radius 2 is 2.09 bits per heavy atom. The lowest BCUT2D eigenvalue weighted by molar-refractivity contribution is 0.135. The molecule has 1 atom stereocenters. The largest absolute Gasteiger partial charge is 0.394 e. The Morgan fingerprint density at radius 3 is 2.79 bits per heavy atom. The molecule has 1 aromatic heterocycles. The van der Waals surface area contributed by atoms with Crippen molar-refractivity contribution in [2.24, 2.45) is 11.7 Å². The van der Waals surface area contributed by atoms with E-state index in [0.29, 0.717) is 33.3 Å². The molecular formula is C24H21F2N5OS. The third-order valence-corrected chi connectivity index (χ3v) is 6.94.